The number of carbonyl (C=O) groups is 3. The molecule has 2 N–H and O–H groups in total. The van der Waals surface area contributed by atoms with Crippen LogP contribution in [-0.4, -0.2) is 47.8 Å². The second kappa shape index (κ2) is 9.70. The zero-order valence-corrected chi connectivity index (χ0v) is 14.8. The number of nitrogens with one attached hydrogen (secondary N) is 2. The first kappa shape index (κ1) is 19.7. The quantitative estimate of drug-likeness (QED) is 0.810. The van der Waals surface area contributed by atoms with E-state index in [1.807, 2.05) is 58.0 Å². The highest BCUT2D eigenvalue weighted by atomic mass is 16.2. The van der Waals surface area contributed by atoms with Crippen LogP contribution in [0, 0.1) is 0 Å². The van der Waals surface area contributed by atoms with Crippen molar-refractivity contribution in [1.29, 1.82) is 0 Å². The third kappa shape index (κ3) is 5.37. The fourth-order valence-corrected chi connectivity index (χ4v) is 2.43. The van der Waals surface area contributed by atoms with Crippen LogP contribution in [0.3, 0.4) is 0 Å². The Hall–Kier alpha value is -2.37. The summed E-state index contributed by atoms with van der Waals surface area (Å²) < 4.78 is 0. The Morgan fingerprint density at radius 1 is 1.25 bits per heavy atom. The molecule has 24 heavy (non-hydrogen) atoms. The monoisotopic (exact) mass is 333 g/mol. The lowest BCUT2D eigenvalue weighted by Gasteiger charge is -2.34. The third-order valence-corrected chi connectivity index (χ3v) is 3.41. The van der Waals surface area contributed by atoms with E-state index in [0.717, 1.165) is 5.56 Å². The van der Waals surface area contributed by atoms with Crippen molar-refractivity contribution in [3.63, 3.8) is 0 Å². The molecule has 1 aromatic rings. The summed E-state index contributed by atoms with van der Waals surface area (Å²) in [6, 6.07) is 8.11. The summed E-state index contributed by atoms with van der Waals surface area (Å²) >= 11 is 0. The van der Waals surface area contributed by atoms with E-state index in [1.54, 1.807) is 0 Å². The molecule has 1 saturated heterocycles. The summed E-state index contributed by atoms with van der Waals surface area (Å²) in [5.74, 6) is -1.08. The van der Waals surface area contributed by atoms with E-state index in [1.165, 1.54) is 4.90 Å². The van der Waals surface area contributed by atoms with Crippen LogP contribution in [-0.2, 0) is 20.8 Å². The molecule has 1 unspecified atom stereocenters. The number of hydrogen-bond acceptors (Lipinski definition) is 3. The van der Waals surface area contributed by atoms with E-state index in [4.69, 9.17) is 0 Å². The van der Waals surface area contributed by atoms with Crippen LogP contribution in [0.2, 0.25) is 0 Å². The fourth-order valence-electron chi connectivity index (χ4n) is 2.43. The molecular weight excluding hydrogens is 306 g/mol. The smallest absolute Gasteiger partial charge is 0.252 e. The van der Waals surface area contributed by atoms with Crippen molar-refractivity contribution in [2.75, 3.05) is 13.1 Å². The minimum atomic E-state index is -1.09. The molecule has 1 aliphatic rings. The fraction of sp³-hybridized carbons (Fsp3) is 0.500. The number of rotatable bonds is 4. The van der Waals surface area contributed by atoms with Crippen molar-refractivity contribution in [2.24, 2.45) is 0 Å². The minimum Gasteiger partial charge on any atom is -0.352 e. The Labute approximate surface area is 143 Å². The Morgan fingerprint density at radius 3 is 2.46 bits per heavy atom. The van der Waals surface area contributed by atoms with Crippen molar-refractivity contribution >= 4 is 17.7 Å². The second-order valence-electron chi connectivity index (χ2n) is 5.61. The SMILES string of the molecule is CC.CC(C)NC(=O)C1C(=O)NCCN1C(=O)Cc1ccccc1. The molecular formula is C18H27N3O3. The molecule has 0 saturated carbocycles. The van der Waals surface area contributed by atoms with Gasteiger partial charge in [-0.25, -0.2) is 0 Å². The van der Waals surface area contributed by atoms with E-state index >= 15 is 0 Å². The summed E-state index contributed by atoms with van der Waals surface area (Å²) in [5.41, 5.74) is 0.862. The van der Waals surface area contributed by atoms with Gasteiger partial charge in [-0.3, -0.25) is 14.4 Å². The van der Waals surface area contributed by atoms with Gasteiger partial charge >= 0.3 is 0 Å². The topological polar surface area (TPSA) is 78.5 Å². The van der Waals surface area contributed by atoms with Crippen molar-refractivity contribution in [3.05, 3.63) is 35.9 Å². The Kier molecular flexibility index (Phi) is 7.95. The Bertz CT molecular complexity index is 558. The molecule has 1 atom stereocenters. The van der Waals surface area contributed by atoms with Gasteiger partial charge in [-0.05, 0) is 19.4 Å². The van der Waals surface area contributed by atoms with Crippen molar-refractivity contribution in [2.45, 2.75) is 46.2 Å². The van der Waals surface area contributed by atoms with Gasteiger partial charge < -0.3 is 15.5 Å². The number of amides is 3. The molecule has 0 radical (unpaired) electrons. The maximum absolute atomic E-state index is 12.5. The summed E-state index contributed by atoms with van der Waals surface area (Å²) in [4.78, 5) is 38.1. The van der Waals surface area contributed by atoms with Crippen molar-refractivity contribution < 1.29 is 14.4 Å². The predicted molar refractivity (Wildman–Crippen MR) is 93.3 cm³/mol. The largest absolute Gasteiger partial charge is 0.352 e. The van der Waals surface area contributed by atoms with Gasteiger partial charge in [-0.15, -0.1) is 0 Å². The molecule has 0 aliphatic carbocycles. The number of nitrogens with zero attached hydrogens (tertiary/aromatic N) is 1. The molecule has 6 heteroatoms. The first-order valence-electron chi connectivity index (χ1n) is 8.40. The van der Waals surface area contributed by atoms with E-state index in [0.29, 0.717) is 13.1 Å². The lowest BCUT2D eigenvalue weighted by Crippen LogP contribution is -2.63. The van der Waals surface area contributed by atoms with Gasteiger partial charge in [0.25, 0.3) is 11.8 Å². The molecule has 0 bridgehead atoms. The van der Waals surface area contributed by atoms with Crippen molar-refractivity contribution in [1.82, 2.24) is 15.5 Å². The average Bonchev–Trinajstić information content (AvgIpc) is 2.56. The van der Waals surface area contributed by atoms with Gasteiger partial charge in [0.2, 0.25) is 5.91 Å². The van der Waals surface area contributed by atoms with Gasteiger partial charge in [0, 0.05) is 19.1 Å². The molecule has 6 nitrogen and oxygen atoms in total. The highest BCUT2D eigenvalue weighted by molar-refractivity contribution is 6.07. The molecule has 1 aliphatic heterocycles. The van der Waals surface area contributed by atoms with Gasteiger partial charge in [0.15, 0.2) is 6.04 Å². The zero-order chi connectivity index (χ0) is 18.1. The van der Waals surface area contributed by atoms with Crippen LogP contribution >= 0.6 is 0 Å². The Morgan fingerprint density at radius 2 is 1.88 bits per heavy atom. The molecule has 1 fully saturated rings. The molecule has 2 rings (SSSR count). The lowest BCUT2D eigenvalue weighted by molar-refractivity contribution is -0.149. The molecule has 132 valence electrons. The number of carbonyl (C=O) groups excluding carboxylic acids is 3. The first-order chi connectivity index (χ1) is 11.5. The van der Waals surface area contributed by atoms with E-state index in [9.17, 15) is 14.4 Å². The van der Waals surface area contributed by atoms with Gasteiger partial charge in [0.05, 0.1) is 6.42 Å². The van der Waals surface area contributed by atoms with Crippen LogP contribution in [0.1, 0.15) is 33.3 Å². The van der Waals surface area contributed by atoms with Crippen molar-refractivity contribution in [3.8, 4) is 0 Å². The zero-order valence-electron chi connectivity index (χ0n) is 14.8. The first-order valence-corrected chi connectivity index (χ1v) is 8.40. The minimum absolute atomic E-state index is 0.0895. The molecule has 1 aromatic carbocycles. The Balaban J connectivity index is 0.00000139. The summed E-state index contributed by atoms with van der Waals surface area (Å²) in [6.07, 6.45) is 0.180. The average molecular weight is 333 g/mol. The van der Waals surface area contributed by atoms with E-state index in [2.05, 4.69) is 10.6 Å². The van der Waals surface area contributed by atoms with Crippen LogP contribution in [0.25, 0.3) is 0 Å². The van der Waals surface area contributed by atoms with Crippen LogP contribution < -0.4 is 10.6 Å². The van der Waals surface area contributed by atoms with Crippen LogP contribution in [0.4, 0.5) is 0 Å². The lowest BCUT2D eigenvalue weighted by atomic mass is 10.1. The predicted octanol–water partition coefficient (Wildman–Crippen LogP) is 1.11. The van der Waals surface area contributed by atoms with Gasteiger partial charge in [-0.1, -0.05) is 44.2 Å². The van der Waals surface area contributed by atoms with Crippen LogP contribution in [0.15, 0.2) is 30.3 Å². The number of hydrogen-bond donors (Lipinski definition) is 2. The van der Waals surface area contributed by atoms with E-state index < -0.39 is 17.9 Å². The summed E-state index contributed by atoms with van der Waals surface area (Å²) in [5, 5.41) is 5.34. The summed E-state index contributed by atoms with van der Waals surface area (Å²) in [7, 11) is 0. The summed E-state index contributed by atoms with van der Waals surface area (Å²) in [6.45, 7) is 8.34. The number of piperazine rings is 1. The molecule has 0 aromatic heterocycles. The highest BCUT2D eigenvalue weighted by Crippen LogP contribution is 2.10. The van der Waals surface area contributed by atoms with Gasteiger partial charge in [-0.2, -0.15) is 0 Å². The highest BCUT2D eigenvalue weighted by Gasteiger charge is 2.38. The second-order valence-corrected chi connectivity index (χ2v) is 5.61. The maximum atomic E-state index is 12.5. The molecule has 0 spiro atoms. The number of benzene rings is 1. The molecule has 3 amide bonds. The maximum Gasteiger partial charge on any atom is 0.252 e. The standard InChI is InChI=1S/C16H21N3O3.C2H6/c1-11(2)18-16(22)14-15(21)17-8-9-19(14)13(20)10-12-6-4-3-5-7-12;1-2/h3-7,11,14H,8-10H2,1-2H3,(H,17,21)(H,18,22);1-2H3. The van der Waals surface area contributed by atoms with Gasteiger partial charge in [0.1, 0.15) is 0 Å². The van der Waals surface area contributed by atoms with E-state index in [-0.39, 0.29) is 18.4 Å². The normalized spacial score (nSPS) is 16.8. The van der Waals surface area contributed by atoms with Crippen LogP contribution in [0.5, 0.6) is 0 Å². The molecule has 1 heterocycles. The third-order valence-electron chi connectivity index (χ3n) is 3.41.